The van der Waals surface area contributed by atoms with Gasteiger partial charge in [-0.3, -0.25) is 10.1 Å². The fourth-order valence-corrected chi connectivity index (χ4v) is 1.02. The number of aromatic nitrogens is 2. The Kier molecular flexibility index (Phi) is 3.64. The first-order valence-electron chi connectivity index (χ1n) is 5.15. The SMILES string of the molecule is Cc1noc(NC(=O)CC(N)C(C)(C)C)n1. The largest absolute Gasteiger partial charge is 0.328 e. The smallest absolute Gasteiger partial charge is 0.327 e. The Morgan fingerprint density at radius 3 is 2.62 bits per heavy atom. The van der Waals surface area contributed by atoms with E-state index in [0.29, 0.717) is 5.82 Å². The second-order valence-corrected chi connectivity index (χ2v) is 4.87. The number of nitrogens with two attached hydrogens (primary N) is 1. The maximum absolute atomic E-state index is 11.6. The second kappa shape index (κ2) is 4.61. The number of hydrogen-bond acceptors (Lipinski definition) is 5. The van der Waals surface area contributed by atoms with E-state index in [2.05, 4.69) is 15.5 Å². The molecule has 3 N–H and O–H groups in total. The molecule has 0 spiro atoms. The van der Waals surface area contributed by atoms with Crippen LogP contribution in [0.4, 0.5) is 6.01 Å². The lowest BCUT2D eigenvalue weighted by atomic mass is 9.85. The number of anilines is 1. The summed E-state index contributed by atoms with van der Waals surface area (Å²) in [5.74, 6) is 0.265. The molecule has 1 rings (SSSR count). The zero-order valence-electron chi connectivity index (χ0n) is 10.1. The maximum Gasteiger partial charge on any atom is 0.328 e. The minimum atomic E-state index is -0.217. The molecule has 90 valence electrons. The first kappa shape index (κ1) is 12.6. The number of nitrogens with one attached hydrogen (secondary N) is 1. The summed E-state index contributed by atoms with van der Waals surface area (Å²) in [5, 5.41) is 6.07. The molecular weight excluding hydrogens is 208 g/mol. The average Bonchev–Trinajstić information content (AvgIpc) is 2.49. The third-order valence-electron chi connectivity index (χ3n) is 2.29. The van der Waals surface area contributed by atoms with Crippen molar-refractivity contribution >= 4 is 11.9 Å². The van der Waals surface area contributed by atoms with Gasteiger partial charge in [-0.1, -0.05) is 25.9 Å². The molecule has 6 nitrogen and oxygen atoms in total. The van der Waals surface area contributed by atoms with Gasteiger partial charge in [0.2, 0.25) is 5.91 Å². The van der Waals surface area contributed by atoms with Gasteiger partial charge >= 0.3 is 6.01 Å². The Morgan fingerprint density at radius 1 is 1.56 bits per heavy atom. The van der Waals surface area contributed by atoms with Crippen molar-refractivity contribution < 1.29 is 9.32 Å². The maximum atomic E-state index is 11.6. The fourth-order valence-electron chi connectivity index (χ4n) is 1.02. The summed E-state index contributed by atoms with van der Waals surface area (Å²) in [6.07, 6.45) is 0.227. The fraction of sp³-hybridized carbons (Fsp3) is 0.700. The van der Waals surface area contributed by atoms with Crippen LogP contribution in [0.2, 0.25) is 0 Å². The summed E-state index contributed by atoms with van der Waals surface area (Å²) in [6.45, 7) is 7.64. The van der Waals surface area contributed by atoms with Crippen LogP contribution < -0.4 is 11.1 Å². The summed E-state index contributed by atoms with van der Waals surface area (Å²) in [7, 11) is 0. The van der Waals surface area contributed by atoms with Crippen LogP contribution in [0.5, 0.6) is 0 Å². The Bertz CT molecular complexity index is 367. The van der Waals surface area contributed by atoms with E-state index in [-0.39, 0.29) is 29.8 Å². The van der Waals surface area contributed by atoms with Crippen molar-refractivity contribution in [1.29, 1.82) is 0 Å². The van der Waals surface area contributed by atoms with Crippen LogP contribution in [0.1, 0.15) is 33.0 Å². The molecule has 0 saturated heterocycles. The molecular formula is C10H18N4O2. The van der Waals surface area contributed by atoms with Gasteiger partial charge in [-0.15, -0.1) is 0 Å². The minimum Gasteiger partial charge on any atom is -0.327 e. The molecule has 0 aliphatic heterocycles. The summed E-state index contributed by atoms with van der Waals surface area (Å²) in [5.41, 5.74) is 5.77. The summed E-state index contributed by atoms with van der Waals surface area (Å²) < 4.78 is 4.77. The molecule has 1 atom stereocenters. The molecule has 0 fully saturated rings. The second-order valence-electron chi connectivity index (χ2n) is 4.87. The highest BCUT2D eigenvalue weighted by Crippen LogP contribution is 2.20. The van der Waals surface area contributed by atoms with Gasteiger partial charge in [-0.25, -0.2) is 0 Å². The van der Waals surface area contributed by atoms with Crippen LogP contribution >= 0.6 is 0 Å². The molecule has 0 radical (unpaired) electrons. The summed E-state index contributed by atoms with van der Waals surface area (Å²) in [6, 6.07) is -0.0971. The molecule has 16 heavy (non-hydrogen) atoms. The molecule has 6 heteroatoms. The van der Waals surface area contributed by atoms with E-state index in [1.807, 2.05) is 20.8 Å². The molecule has 1 aromatic rings. The molecule has 1 heterocycles. The lowest BCUT2D eigenvalue weighted by Gasteiger charge is -2.26. The molecule has 0 aliphatic carbocycles. The van der Waals surface area contributed by atoms with Crippen LogP contribution in [0.25, 0.3) is 0 Å². The molecule has 0 saturated carbocycles. The van der Waals surface area contributed by atoms with Gasteiger partial charge in [0, 0.05) is 12.5 Å². The Morgan fingerprint density at radius 2 is 2.19 bits per heavy atom. The molecule has 1 amide bonds. The van der Waals surface area contributed by atoms with Gasteiger partial charge in [-0.05, 0) is 12.3 Å². The standard InChI is InChI=1S/C10H18N4O2/c1-6-12-9(16-14-6)13-8(15)5-7(11)10(2,3)4/h7H,5,11H2,1-4H3,(H,12,13,14,15). The number of aryl methyl sites for hydroxylation is 1. The van der Waals surface area contributed by atoms with E-state index in [4.69, 9.17) is 10.3 Å². The van der Waals surface area contributed by atoms with Gasteiger partial charge in [0.1, 0.15) is 0 Å². The molecule has 0 aliphatic rings. The van der Waals surface area contributed by atoms with Crippen LogP contribution in [0, 0.1) is 12.3 Å². The van der Waals surface area contributed by atoms with Crippen molar-refractivity contribution in [1.82, 2.24) is 10.1 Å². The van der Waals surface area contributed by atoms with Gasteiger partial charge in [0.15, 0.2) is 5.82 Å². The van der Waals surface area contributed by atoms with Crippen LogP contribution in [-0.4, -0.2) is 22.1 Å². The zero-order chi connectivity index (χ0) is 12.3. The first-order chi connectivity index (χ1) is 7.29. The molecule has 1 aromatic heterocycles. The average molecular weight is 226 g/mol. The number of amides is 1. The van der Waals surface area contributed by atoms with Gasteiger partial charge in [-0.2, -0.15) is 4.98 Å². The van der Waals surface area contributed by atoms with Crippen molar-refractivity contribution in [2.24, 2.45) is 11.1 Å². The highest BCUT2D eigenvalue weighted by Gasteiger charge is 2.23. The predicted octanol–water partition coefficient (Wildman–Crippen LogP) is 1.08. The number of nitrogens with zero attached hydrogens (tertiary/aromatic N) is 2. The van der Waals surface area contributed by atoms with Crippen LogP contribution in [0.3, 0.4) is 0 Å². The van der Waals surface area contributed by atoms with Gasteiger partial charge in [0.25, 0.3) is 0 Å². The van der Waals surface area contributed by atoms with E-state index < -0.39 is 0 Å². The highest BCUT2D eigenvalue weighted by atomic mass is 16.5. The van der Waals surface area contributed by atoms with E-state index in [0.717, 1.165) is 0 Å². The van der Waals surface area contributed by atoms with E-state index in [1.165, 1.54) is 0 Å². The van der Waals surface area contributed by atoms with Crippen molar-refractivity contribution in [2.45, 2.75) is 40.2 Å². The lowest BCUT2D eigenvalue weighted by molar-refractivity contribution is -0.117. The Labute approximate surface area is 94.6 Å². The third-order valence-corrected chi connectivity index (χ3v) is 2.29. The van der Waals surface area contributed by atoms with Crippen LogP contribution in [-0.2, 0) is 4.79 Å². The van der Waals surface area contributed by atoms with Crippen molar-refractivity contribution in [2.75, 3.05) is 5.32 Å². The number of carbonyl (C=O) groups is 1. The Hall–Kier alpha value is -1.43. The zero-order valence-corrected chi connectivity index (χ0v) is 10.1. The summed E-state index contributed by atoms with van der Waals surface area (Å²) in [4.78, 5) is 15.4. The van der Waals surface area contributed by atoms with Crippen LogP contribution in [0.15, 0.2) is 4.52 Å². The normalized spacial score (nSPS) is 13.6. The predicted molar refractivity (Wildman–Crippen MR) is 59.7 cm³/mol. The first-order valence-corrected chi connectivity index (χ1v) is 5.15. The third kappa shape index (κ3) is 3.62. The highest BCUT2D eigenvalue weighted by molar-refractivity contribution is 5.88. The van der Waals surface area contributed by atoms with Gasteiger partial charge < -0.3 is 10.3 Å². The molecule has 0 bridgehead atoms. The van der Waals surface area contributed by atoms with E-state index in [9.17, 15) is 4.79 Å². The number of carbonyl (C=O) groups excluding carboxylic acids is 1. The monoisotopic (exact) mass is 226 g/mol. The number of hydrogen-bond donors (Lipinski definition) is 2. The molecule has 1 unspecified atom stereocenters. The minimum absolute atomic E-state index is 0.109. The van der Waals surface area contributed by atoms with Crippen molar-refractivity contribution in [3.63, 3.8) is 0 Å². The van der Waals surface area contributed by atoms with Gasteiger partial charge in [0.05, 0.1) is 0 Å². The quantitative estimate of drug-likeness (QED) is 0.804. The Balaban J connectivity index is 2.48. The van der Waals surface area contributed by atoms with Crippen molar-refractivity contribution in [3.05, 3.63) is 5.82 Å². The van der Waals surface area contributed by atoms with E-state index >= 15 is 0 Å². The topological polar surface area (TPSA) is 94.0 Å². The lowest BCUT2D eigenvalue weighted by Crippen LogP contribution is -2.38. The van der Waals surface area contributed by atoms with E-state index in [1.54, 1.807) is 6.92 Å². The number of rotatable bonds is 3. The van der Waals surface area contributed by atoms with Crippen molar-refractivity contribution in [3.8, 4) is 0 Å². The summed E-state index contributed by atoms with van der Waals surface area (Å²) >= 11 is 0. The molecule has 0 aromatic carbocycles.